The number of rotatable bonds is 7. The fraction of sp³-hybridized carbons (Fsp3) is 0.143. The highest BCUT2D eigenvalue weighted by Gasteiger charge is 2.65. The lowest BCUT2D eigenvalue weighted by Gasteiger charge is -2.40. The standard InChI is InChI=1S/C21H20F5N3O3S/c1-29(15-5-8-17(9-6-15)33(22,23,24,25)26)20-11-4-14(13-27-20)28-19-10-7-16(31-2)12-18(19)21(30)32-3/h4-13,28H,1-3H3. The SMILES string of the molecule is COC(=O)c1cc(OC)ccc1Nc1ccc(N(C)c2ccc(S(F)(F)(F)(F)F)cc2)nc1. The molecule has 0 amide bonds. The lowest BCUT2D eigenvalue weighted by Crippen LogP contribution is -2.12. The fourth-order valence-electron chi connectivity index (χ4n) is 2.91. The monoisotopic (exact) mass is 489 g/mol. The first kappa shape index (κ1) is 24.1. The second-order valence-electron chi connectivity index (χ2n) is 6.96. The summed E-state index contributed by atoms with van der Waals surface area (Å²) in [6.45, 7) is 0. The quantitative estimate of drug-likeness (QED) is 0.284. The summed E-state index contributed by atoms with van der Waals surface area (Å²) < 4.78 is 74.4. The molecule has 0 saturated carbocycles. The van der Waals surface area contributed by atoms with Crippen LogP contribution in [0.3, 0.4) is 0 Å². The number of carbonyl (C=O) groups is 1. The van der Waals surface area contributed by atoms with Crippen molar-refractivity contribution in [3.8, 4) is 5.75 Å². The number of ether oxygens (including phenoxy) is 2. The number of carbonyl (C=O) groups excluding carboxylic acids is 1. The summed E-state index contributed by atoms with van der Waals surface area (Å²) >= 11 is 0. The van der Waals surface area contributed by atoms with Crippen LogP contribution >= 0.6 is 10.2 Å². The van der Waals surface area contributed by atoms with Crippen molar-refractivity contribution in [3.05, 3.63) is 66.4 Å². The molecule has 6 nitrogen and oxygen atoms in total. The third-order valence-corrected chi connectivity index (χ3v) is 5.84. The number of methoxy groups -OCH3 is 2. The highest BCUT2D eigenvalue weighted by Crippen LogP contribution is 3.02. The molecule has 178 valence electrons. The molecule has 0 saturated heterocycles. The molecular weight excluding hydrogens is 469 g/mol. The van der Waals surface area contributed by atoms with Gasteiger partial charge in [-0.25, -0.2) is 9.78 Å². The number of halogens is 5. The molecular formula is C21H20F5N3O3S. The molecule has 33 heavy (non-hydrogen) atoms. The minimum atomic E-state index is -9.73. The predicted octanol–water partition coefficient (Wildman–Crippen LogP) is 7.05. The van der Waals surface area contributed by atoms with Crippen LogP contribution in [0.15, 0.2) is 65.7 Å². The number of hydrogen-bond acceptors (Lipinski definition) is 6. The van der Waals surface area contributed by atoms with Crippen molar-refractivity contribution in [3.63, 3.8) is 0 Å². The Morgan fingerprint density at radius 1 is 0.970 bits per heavy atom. The summed E-state index contributed by atoms with van der Waals surface area (Å²) in [7, 11) is -5.48. The van der Waals surface area contributed by atoms with Gasteiger partial charge in [0.15, 0.2) is 0 Å². The minimum absolute atomic E-state index is 0.233. The second-order valence-corrected chi connectivity index (χ2v) is 9.36. The molecule has 3 rings (SSSR count). The van der Waals surface area contributed by atoms with Crippen molar-refractivity contribution in [1.29, 1.82) is 0 Å². The van der Waals surface area contributed by atoms with E-state index in [1.807, 2.05) is 0 Å². The molecule has 0 fully saturated rings. The first-order chi connectivity index (χ1) is 15.2. The van der Waals surface area contributed by atoms with Crippen LogP contribution < -0.4 is 15.0 Å². The molecule has 0 atom stereocenters. The van der Waals surface area contributed by atoms with Gasteiger partial charge in [-0.2, -0.15) is 0 Å². The lowest BCUT2D eigenvalue weighted by molar-refractivity contribution is 0.0601. The van der Waals surface area contributed by atoms with Crippen LogP contribution in [0.4, 0.5) is 42.3 Å². The van der Waals surface area contributed by atoms with E-state index in [4.69, 9.17) is 9.47 Å². The molecule has 12 heteroatoms. The molecule has 0 spiro atoms. The van der Waals surface area contributed by atoms with Crippen LogP contribution in [-0.2, 0) is 4.74 Å². The Hall–Kier alpha value is -3.54. The van der Waals surface area contributed by atoms with Crippen molar-refractivity contribution in [2.75, 3.05) is 31.5 Å². The lowest BCUT2D eigenvalue weighted by atomic mass is 10.1. The Labute approximate surface area is 186 Å². The van der Waals surface area contributed by atoms with E-state index in [-0.39, 0.29) is 11.3 Å². The maximum atomic E-state index is 12.9. The summed E-state index contributed by atoms with van der Waals surface area (Å²) in [4.78, 5) is 15.8. The number of benzene rings is 2. The van der Waals surface area contributed by atoms with Crippen molar-refractivity contribution >= 4 is 39.1 Å². The topological polar surface area (TPSA) is 63.7 Å². The molecule has 0 radical (unpaired) electrons. The molecule has 0 aliphatic rings. The van der Waals surface area contributed by atoms with Crippen LogP contribution in [0.2, 0.25) is 0 Å². The summed E-state index contributed by atoms with van der Waals surface area (Å²) in [5.74, 6) is 0.242. The zero-order chi connectivity index (χ0) is 24.5. The van der Waals surface area contributed by atoms with Crippen LogP contribution in [0.25, 0.3) is 0 Å². The Kier molecular flexibility index (Phi) is 5.70. The number of esters is 1. The summed E-state index contributed by atoms with van der Waals surface area (Å²) in [5, 5.41) is 3.04. The molecule has 0 aliphatic heterocycles. The number of hydrogen-bond donors (Lipinski definition) is 1. The Morgan fingerprint density at radius 3 is 2.15 bits per heavy atom. The molecule has 0 unspecified atom stereocenters. The number of nitrogens with zero attached hydrogens (tertiary/aromatic N) is 2. The molecule has 3 aromatic rings. The van der Waals surface area contributed by atoms with Crippen LogP contribution in [-0.4, -0.2) is 32.2 Å². The zero-order valence-corrected chi connectivity index (χ0v) is 18.5. The van der Waals surface area contributed by atoms with Gasteiger partial charge in [-0.05, 0) is 54.6 Å². The highest BCUT2D eigenvalue weighted by molar-refractivity contribution is 8.45. The van der Waals surface area contributed by atoms with E-state index in [1.165, 1.54) is 38.4 Å². The molecule has 1 N–H and O–H groups in total. The fourth-order valence-corrected chi connectivity index (χ4v) is 3.56. The van der Waals surface area contributed by atoms with Crippen molar-refractivity contribution in [1.82, 2.24) is 4.98 Å². The van der Waals surface area contributed by atoms with Gasteiger partial charge in [-0.3, -0.25) is 0 Å². The van der Waals surface area contributed by atoms with E-state index in [2.05, 4.69) is 10.3 Å². The summed E-state index contributed by atoms with van der Waals surface area (Å²) in [5.41, 5.74) is 1.43. The van der Waals surface area contributed by atoms with Crippen molar-refractivity contribution in [2.45, 2.75) is 4.90 Å². The summed E-state index contributed by atoms with van der Waals surface area (Å²) in [6, 6.07) is 10.6. The Balaban J connectivity index is 1.81. The Morgan fingerprint density at radius 2 is 1.64 bits per heavy atom. The first-order valence-corrected chi connectivity index (χ1v) is 11.2. The maximum absolute atomic E-state index is 12.9. The molecule has 0 bridgehead atoms. The van der Waals surface area contributed by atoms with E-state index in [0.29, 0.717) is 35.1 Å². The second kappa shape index (κ2) is 7.80. The van der Waals surface area contributed by atoms with E-state index in [0.717, 1.165) is 12.1 Å². The van der Waals surface area contributed by atoms with Crippen LogP contribution in [0.5, 0.6) is 5.75 Å². The van der Waals surface area contributed by atoms with E-state index < -0.39 is 21.1 Å². The smallest absolute Gasteiger partial charge is 0.340 e. The number of nitrogens with one attached hydrogen (secondary N) is 1. The number of pyridine rings is 1. The average molecular weight is 489 g/mol. The number of anilines is 4. The van der Waals surface area contributed by atoms with Gasteiger partial charge in [-0.1, -0.05) is 19.4 Å². The normalized spacial score (nSPS) is 13.5. The van der Waals surface area contributed by atoms with Crippen LogP contribution in [0.1, 0.15) is 10.4 Å². The number of aromatic nitrogens is 1. The van der Waals surface area contributed by atoms with Gasteiger partial charge in [0.05, 0.1) is 37.4 Å². The minimum Gasteiger partial charge on any atom is -0.497 e. The third kappa shape index (κ3) is 5.64. The molecule has 1 heterocycles. The van der Waals surface area contributed by atoms with Gasteiger partial charge in [0.2, 0.25) is 0 Å². The van der Waals surface area contributed by atoms with E-state index in [9.17, 15) is 24.2 Å². The van der Waals surface area contributed by atoms with Gasteiger partial charge in [0, 0.05) is 12.7 Å². The Bertz CT molecular complexity index is 1170. The first-order valence-electron chi connectivity index (χ1n) is 9.29. The largest absolute Gasteiger partial charge is 0.497 e. The van der Waals surface area contributed by atoms with Gasteiger partial charge in [-0.15, -0.1) is 0 Å². The predicted molar refractivity (Wildman–Crippen MR) is 118 cm³/mol. The summed E-state index contributed by atoms with van der Waals surface area (Å²) in [6.07, 6.45) is 1.44. The highest BCUT2D eigenvalue weighted by atomic mass is 32.5. The van der Waals surface area contributed by atoms with E-state index in [1.54, 1.807) is 24.3 Å². The van der Waals surface area contributed by atoms with Gasteiger partial charge in [0.25, 0.3) is 0 Å². The van der Waals surface area contributed by atoms with Crippen molar-refractivity contribution in [2.24, 2.45) is 0 Å². The van der Waals surface area contributed by atoms with Gasteiger partial charge < -0.3 is 19.7 Å². The zero-order valence-electron chi connectivity index (χ0n) is 17.7. The molecule has 1 aromatic heterocycles. The van der Waals surface area contributed by atoms with E-state index >= 15 is 0 Å². The van der Waals surface area contributed by atoms with Crippen LogP contribution in [0, 0.1) is 0 Å². The average Bonchev–Trinajstić information content (AvgIpc) is 2.77. The molecule has 0 aliphatic carbocycles. The molecule has 2 aromatic carbocycles. The van der Waals surface area contributed by atoms with Crippen molar-refractivity contribution < 1.29 is 33.7 Å². The van der Waals surface area contributed by atoms with Gasteiger partial charge in [0.1, 0.15) is 16.5 Å². The maximum Gasteiger partial charge on any atom is 0.340 e. The van der Waals surface area contributed by atoms with Gasteiger partial charge >= 0.3 is 16.2 Å². The third-order valence-electron chi connectivity index (χ3n) is 4.67.